The maximum Gasteiger partial charge on any atom is 0.164 e. The highest BCUT2D eigenvalue weighted by atomic mass is 16.5. The topological polar surface area (TPSA) is 29.5 Å². The average molecular weight is 289 g/mol. The van der Waals surface area contributed by atoms with Crippen LogP contribution in [0.5, 0.6) is 5.75 Å². The number of carbonyl (C=O) groups is 1. The van der Waals surface area contributed by atoms with Crippen molar-refractivity contribution in [1.82, 2.24) is 4.90 Å². The molecule has 1 heterocycles. The Morgan fingerprint density at radius 2 is 1.86 bits per heavy atom. The first-order chi connectivity index (χ1) is 10.0. The van der Waals surface area contributed by atoms with E-state index in [9.17, 15) is 4.79 Å². The van der Waals surface area contributed by atoms with Crippen LogP contribution in [0.4, 0.5) is 0 Å². The first kappa shape index (κ1) is 16.0. The lowest BCUT2D eigenvalue weighted by Gasteiger charge is -2.29. The van der Waals surface area contributed by atoms with Gasteiger partial charge in [-0.1, -0.05) is 6.92 Å². The number of Topliss-reactive ketones (excluding diaryl/α,β-unsaturated/α-hetero) is 1. The summed E-state index contributed by atoms with van der Waals surface area (Å²) in [5.74, 6) is 1.89. The zero-order valence-corrected chi connectivity index (χ0v) is 13.5. The summed E-state index contributed by atoms with van der Waals surface area (Å²) >= 11 is 0. The number of rotatable bonds is 6. The second kappa shape index (κ2) is 7.60. The quantitative estimate of drug-likeness (QED) is 0.746. The van der Waals surface area contributed by atoms with E-state index in [0.717, 1.165) is 36.9 Å². The molecular formula is C18H27NO2. The van der Waals surface area contributed by atoms with Gasteiger partial charge in [0.15, 0.2) is 5.78 Å². The van der Waals surface area contributed by atoms with Crippen molar-refractivity contribution in [3.05, 3.63) is 29.8 Å². The molecular weight excluding hydrogens is 262 g/mol. The van der Waals surface area contributed by atoms with Crippen LogP contribution in [-0.2, 0) is 0 Å². The molecule has 0 unspecified atom stereocenters. The molecule has 1 saturated heterocycles. The predicted molar refractivity (Wildman–Crippen MR) is 86.0 cm³/mol. The van der Waals surface area contributed by atoms with Crippen LogP contribution in [0.3, 0.4) is 0 Å². The van der Waals surface area contributed by atoms with E-state index in [1.165, 1.54) is 12.8 Å². The van der Waals surface area contributed by atoms with Gasteiger partial charge in [-0.3, -0.25) is 4.79 Å². The SMILES string of the molecule is CC1CCN(CCC(=O)c2ccc(OC(C)C)cc2)CC1. The summed E-state index contributed by atoms with van der Waals surface area (Å²) < 4.78 is 5.59. The molecule has 21 heavy (non-hydrogen) atoms. The Morgan fingerprint density at radius 3 is 2.43 bits per heavy atom. The van der Waals surface area contributed by atoms with Crippen LogP contribution in [0.1, 0.15) is 50.4 Å². The molecule has 0 radical (unpaired) electrons. The van der Waals surface area contributed by atoms with E-state index in [2.05, 4.69) is 11.8 Å². The van der Waals surface area contributed by atoms with Crippen LogP contribution in [0.15, 0.2) is 24.3 Å². The average Bonchev–Trinajstić information content (AvgIpc) is 2.46. The summed E-state index contributed by atoms with van der Waals surface area (Å²) in [4.78, 5) is 14.6. The van der Waals surface area contributed by atoms with Gasteiger partial charge in [0.05, 0.1) is 6.10 Å². The molecule has 116 valence electrons. The molecule has 2 rings (SSSR count). The highest BCUT2D eigenvalue weighted by Crippen LogP contribution is 2.18. The molecule has 1 fully saturated rings. The standard InChI is InChI=1S/C18H27NO2/c1-14(2)21-17-6-4-16(5-7-17)18(20)10-13-19-11-8-15(3)9-12-19/h4-7,14-15H,8-13H2,1-3H3. The molecule has 3 heteroatoms. The number of piperidine rings is 1. The Kier molecular flexibility index (Phi) is 5.80. The lowest BCUT2D eigenvalue weighted by Crippen LogP contribution is -2.34. The van der Waals surface area contributed by atoms with Gasteiger partial charge in [-0.05, 0) is 70.0 Å². The number of hydrogen-bond donors (Lipinski definition) is 0. The number of nitrogens with zero attached hydrogens (tertiary/aromatic N) is 1. The van der Waals surface area contributed by atoms with Gasteiger partial charge in [0.2, 0.25) is 0 Å². The van der Waals surface area contributed by atoms with Crippen molar-refractivity contribution in [2.75, 3.05) is 19.6 Å². The normalized spacial score (nSPS) is 17.1. The number of hydrogen-bond acceptors (Lipinski definition) is 3. The van der Waals surface area contributed by atoms with Gasteiger partial charge in [-0.15, -0.1) is 0 Å². The number of carbonyl (C=O) groups excluding carboxylic acids is 1. The molecule has 0 saturated carbocycles. The second-order valence-electron chi connectivity index (χ2n) is 6.39. The fourth-order valence-corrected chi connectivity index (χ4v) is 2.68. The van der Waals surface area contributed by atoms with Gasteiger partial charge >= 0.3 is 0 Å². The predicted octanol–water partition coefficient (Wildman–Crippen LogP) is 3.78. The van der Waals surface area contributed by atoms with Gasteiger partial charge in [0.1, 0.15) is 5.75 Å². The fourth-order valence-electron chi connectivity index (χ4n) is 2.68. The number of ketones is 1. The molecule has 0 N–H and O–H groups in total. The van der Waals surface area contributed by atoms with Crippen LogP contribution in [0.25, 0.3) is 0 Å². The minimum atomic E-state index is 0.160. The van der Waals surface area contributed by atoms with Crippen LogP contribution in [0.2, 0.25) is 0 Å². The largest absolute Gasteiger partial charge is 0.491 e. The minimum absolute atomic E-state index is 0.160. The minimum Gasteiger partial charge on any atom is -0.491 e. The van der Waals surface area contributed by atoms with E-state index in [0.29, 0.717) is 6.42 Å². The number of benzene rings is 1. The summed E-state index contributed by atoms with van der Waals surface area (Å²) in [5, 5.41) is 0. The summed E-state index contributed by atoms with van der Waals surface area (Å²) in [7, 11) is 0. The van der Waals surface area contributed by atoms with Crippen molar-refractivity contribution < 1.29 is 9.53 Å². The Hall–Kier alpha value is -1.35. The highest BCUT2D eigenvalue weighted by Gasteiger charge is 2.16. The van der Waals surface area contributed by atoms with Gasteiger partial charge < -0.3 is 9.64 Å². The maximum atomic E-state index is 12.2. The number of likely N-dealkylation sites (tertiary alicyclic amines) is 1. The van der Waals surface area contributed by atoms with Gasteiger partial charge in [-0.25, -0.2) is 0 Å². The van der Waals surface area contributed by atoms with E-state index in [-0.39, 0.29) is 11.9 Å². The fraction of sp³-hybridized carbons (Fsp3) is 0.611. The number of ether oxygens (including phenoxy) is 1. The Labute approximate surface area is 128 Å². The van der Waals surface area contributed by atoms with Crippen molar-refractivity contribution in [2.45, 2.75) is 46.1 Å². The van der Waals surface area contributed by atoms with Gasteiger partial charge in [0, 0.05) is 18.5 Å². The lowest BCUT2D eigenvalue weighted by atomic mass is 9.99. The van der Waals surface area contributed by atoms with E-state index >= 15 is 0 Å². The smallest absolute Gasteiger partial charge is 0.164 e. The van der Waals surface area contributed by atoms with E-state index in [4.69, 9.17) is 4.74 Å². The molecule has 1 aromatic rings. The van der Waals surface area contributed by atoms with E-state index < -0.39 is 0 Å². The summed E-state index contributed by atoms with van der Waals surface area (Å²) in [6.45, 7) is 9.46. The highest BCUT2D eigenvalue weighted by molar-refractivity contribution is 5.96. The molecule has 0 spiro atoms. The lowest BCUT2D eigenvalue weighted by molar-refractivity contribution is 0.0953. The van der Waals surface area contributed by atoms with Crippen molar-refractivity contribution in [1.29, 1.82) is 0 Å². The first-order valence-electron chi connectivity index (χ1n) is 8.07. The Balaban J connectivity index is 1.80. The van der Waals surface area contributed by atoms with Crippen LogP contribution < -0.4 is 4.74 Å². The molecule has 0 amide bonds. The summed E-state index contributed by atoms with van der Waals surface area (Å²) in [6.07, 6.45) is 3.29. The van der Waals surface area contributed by atoms with Gasteiger partial charge in [0.25, 0.3) is 0 Å². The Bertz CT molecular complexity index is 445. The molecule has 0 atom stereocenters. The third kappa shape index (κ3) is 5.16. The molecule has 1 aromatic carbocycles. The molecule has 0 aliphatic carbocycles. The maximum absolute atomic E-state index is 12.2. The zero-order chi connectivity index (χ0) is 15.2. The third-order valence-corrected chi connectivity index (χ3v) is 4.08. The van der Waals surface area contributed by atoms with Crippen molar-refractivity contribution >= 4 is 5.78 Å². The van der Waals surface area contributed by atoms with E-state index in [1.54, 1.807) is 0 Å². The summed E-state index contributed by atoms with van der Waals surface area (Å²) in [6, 6.07) is 7.52. The van der Waals surface area contributed by atoms with Crippen LogP contribution in [-0.4, -0.2) is 36.4 Å². The zero-order valence-electron chi connectivity index (χ0n) is 13.5. The van der Waals surface area contributed by atoms with Crippen LogP contribution >= 0.6 is 0 Å². The van der Waals surface area contributed by atoms with Crippen molar-refractivity contribution in [2.24, 2.45) is 5.92 Å². The van der Waals surface area contributed by atoms with Crippen molar-refractivity contribution in [3.8, 4) is 5.75 Å². The summed E-state index contributed by atoms with van der Waals surface area (Å²) in [5.41, 5.74) is 0.788. The first-order valence-corrected chi connectivity index (χ1v) is 8.07. The van der Waals surface area contributed by atoms with Crippen LogP contribution in [0, 0.1) is 5.92 Å². The molecule has 1 aliphatic rings. The monoisotopic (exact) mass is 289 g/mol. The molecule has 0 bridgehead atoms. The molecule has 1 aliphatic heterocycles. The second-order valence-corrected chi connectivity index (χ2v) is 6.39. The molecule has 3 nitrogen and oxygen atoms in total. The third-order valence-electron chi connectivity index (χ3n) is 4.08. The van der Waals surface area contributed by atoms with E-state index in [1.807, 2.05) is 38.1 Å². The van der Waals surface area contributed by atoms with Crippen molar-refractivity contribution in [3.63, 3.8) is 0 Å². The van der Waals surface area contributed by atoms with Gasteiger partial charge in [-0.2, -0.15) is 0 Å². The Morgan fingerprint density at radius 1 is 1.24 bits per heavy atom. The molecule has 0 aromatic heterocycles.